The number of carboxylic acid groups (broad SMARTS) is 1. The summed E-state index contributed by atoms with van der Waals surface area (Å²) >= 11 is 1.43. The molecule has 106 valence electrons. The quantitative estimate of drug-likeness (QED) is 0.646. The van der Waals surface area contributed by atoms with Gasteiger partial charge in [-0.3, -0.25) is 4.79 Å². The fourth-order valence-corrected chi connectivity index (χ4v) is 2.01. The third-order valence-corrected chi connectivity index (χ3v) is 3.08. The van der Waals surface area contributed by atoms with Crippen molar-refractivity contribution in [1.29, 1.82) is 0 Å². The van der Waals surface area contributed by atoms with Crippen LogP contribution in [-0.2, 0) is 11.2 Å². The third-order valence-electron chi connectivity index (χ3n) is 2.23. The molecule has 1 heterocycles. The second-order valence-electron chi connectivity index (χ2n) is 4.09. The van der Waals surface area contributed by atoms with Crippen molar-refractivity contribution < 1.29 is 14.7 Å². The lowest BCUT2D eigenvalue weighted by molar-refractivity contribution is -0.136. The van der Waals surface area contributed by atoms with Gasteiger partial charge in [0.2, 0.25) is 0 Å². The van der Waals surface area contributed by atoms with Gasteiger partial charge in [-0.1, -0.05) is 0 Å². The Morgan fingerprint density at radius 3 is 2.79 bits per heavy atom. The first kappa shape index (κ1) is 15.2. The number of thiazole rings is 1. The average molecular weight is 286 g/mol. The van der Waals surface area contributed by atoms with E-state index in [1.807, 2.05) is 5.38 Å². The van der Waals surface area contributed by atoms with E-state index in [1.165, 1.54) is 16.2 Å². The second kappa shape index (κ2) is 7.57. The molecule has 7 nitrogen and oxygen atoms in total. The Morgan fingerprint density at radius 2 is 2.16 bits per heavy atom. The second-order valence-corrected chi connectivity index (χ2v) is 4.95. The van der Waals surface area contributed by atoms with E-state index in [2.05, 4.69) is 15.6 Å². The van der Waals surface area contributed by atoms with E-state index in [9.17, 15) is 9.59 Å². The number of carbonyl (C=O) groups is 2. The maximum Gasteiger partial charge on any atom is 0.316 e. The molecule has 0 aromatic carbocycles. The smallest absolute Gasteiger partial charge is 0.316 e. The minimum Gasteiger partial charge on any atom is -0.481 e. The lowest BCUT2D eigenvalue weighted by atomic mass is 10.2. The summed E-state index contributed by atoms with van der Waals surface area (Å²) in [5, 5.41) is 16.9. The summed E-state index contributed by atoms with van der Waals surface area (Å²) in [4.78, 5) is 27.4. The van der Waals surface area contributed by atoms with Crippen LogP contribution in [0.2, 0.25) is 0 Å². The van der Waals surface area contributed by atoms with Crippen molar-refractivity contribution >= 4 is 28.5 Å². The molecule has 0 bridgehead atoms. The van der Waals surface area contributed by atoms with Gasteiger partial charge in [-0.25, -0.2) is 9.78 Å². The zero-order valence-corrected chi connectivity index (χ0v) is 11.8. The first-order chi connectivity index (χ1) is 8.99. The van der Waals surface area contributed by atoms with Crippen LogP contribution in [0.3, 0.4) is 0 Å². The number of carbonyl (C=O) groups excluding carboxylic acids is 1. The monoisotopic (exact) mass is 286 g/mol. The normalized spacial score (nSPS) is 10.0. The molecular weight excluding hydrogens is 268 g/mol. The Hall–Kier alpha value is -1.83. The highest BCUT2D eigenvalue weighted by atomic mass is 32.1. The molecule has 0 unspecified atom stereocenters. The number of carboxylic acids is 1. The molecule has 8 heteroatoms. The number of nitrogens with one attached hydrogen (secondary N) is 2. The van der Waals surface area contributed by atoms with Crippen LogP contribution >= 0.6 is 11.3 Å². The van der Waals surface area contributed by atoms with Crippen molar-refractivity contribution in [3.05, 3.63) is 11.1 Å². The number of aromatic nitrogens is 1. The van der Waals surface area contributed by atoms with Crippen molar-refractivity contribution in [3.63, 3.8) is 0 Å². The van der Waals surface area contributed by atoms with Crippen LogP contribution in [0.1, 0.15) is 12.1 Å². The molecular formula is C11H18N4O3S. The van der Waals surface area contributed by atoms with Gasteiger partial charge in [0.05, 0.1) is 12.1 Å². The molecule has 0 aliphatic carbocycles. The molecule has 0 atom stereocenters. The average Bonchev–Trinajstić information content (AvgIpc) is 2.79. The summed E-state index contributed by atoms with van der Waals surface area (Å²) in [6, 6.07) is -0.136. The fraction of sp³-hybridized carbons (Fsp3) is 0.545. The Kier molecular flexibility index (Phi) is 6.07. The molecule has 1 rings (SSSR count). The number of amides is 2. The Labute approximate surface area is 115 Å². The number of hydrogen-bond acceptors (Lipinski definition) is 5. The minimum atomic E-state index is -0.825. The molecule has 0 aliphatic heterocycles. The van der Waals surface area contributed by atoms with Crippen molar-refractivity contribution in [2.24, 2.45) is 0 Å². The van der Waals surface area contributed by atoms with E-state index in [-0.39, 0.29) is 12.5 Å². The van der Waals surface area contributed by atoms with Crippen molar-refractivity contribution in [1.82, 2.24) is 15.2 Å². The van der Waals surface area contributed by atoms with E-state index in [4.69, 9.17) is 5.11 Å². The van der Waals surface area contributed by atoms with Gasteiger partial charge in [-0.15, -0.1) is 11.3 Å². The van der Waals surface area contributed by atoms with Crippen LogP contribution in [0.5, 0.6) is 0 Å². The molecule has 3 N–H and O–H groups in total. The summed E-state index contributed by atoms with van der Waals surface area (Å²) in [6.07, 6.45) is 0.521. The molecule has 0 radical (unpaired) electrons. The third kappa shape index (κ3) is 6.05. The van der Waals surface area contributed by atoms with Gasteiger partial charge >= 0.3 is 12.0 Å². The SMILES string of the molecule is CN(C)C(=O)NCCNc1nc(CCC(=O)O)cs1. The van der Waals surface area contributed by atoms with Crippen molar-refractivity contribution in [3.8, 4) is 0 Å². The zero-order valence-electron chi connectivity index (χ0n) is 11.0. The molecule has 2 amide bonds. The number of anilines is 1. The standard InChI is InChI=1S/C11H18N4O3S/c1-15(2)11(18)13-6-5-12-10-14-8(7-19-10)3-4-9(16)17/h7H,3-6H2,1-2H3,(H,12,14)(H,13,18)(H,16,17). The highest BCUT2D eigenvalue weighted by Gasteiger charge is 2.05. The minimum absolute atomic E-state index is 0.0854. The van der Waals surface area contributed by atoms with Crippen LogP contribution in [-0.4, -0.2) is 54.2 Å². The maximum atomic E-state index is 11.2. The Bertz CT molecular complexity index is 433. The number of aliphatic carboxylic acids is 1. The van der Waals surface area contributed by atoms with Gasteiger partial charge in [-0.05, 0) is 0 Å². The van der Waals surface area contributed by atoms with E-state index in [1.54, 1.807) is 14.1 Å². The van der Waals surface area contributed by atoms with Crippen LogP contribution < -0.4 is 10.6 Å². The summed E-state index contributed by atoms with van der Waals surface area (Å²) in [7, 11) is 3.36. The van der Waals surface area contributed by atoms with Crippen LogP contribution in [0, 0.1) is 0 Å². The number of aryl methyl sites for hydroxylation is 1. The molecule has 0 saturated carbocycles. The van der Waals surface area contributed by atoms with Gasteiger partial charge in [0.15, 0.2) is 5.13 Å². The Balaban J connectivity index is 2.23. The number of hydrogen-bond donors (Lipinski definition) is 3. The molecule has 0 saturated heterocycles. The van der Waals surface area contributed by atoms with Crippen molar-refractivity contribution in [2.45, 2.75) is 12.8 Å². The molecule has 1 aromatic rings. The lowest BCUT2D eigenvalue weighted by Crippen LogP contribution is -2.37. The molecule has 19 heavy (non-hydrogen) atoms. The highest BCUT2D eigenvalue weighted by molar-refractivity contribution is 7.13. The number of nitrogens with zero attached hydrogens (tertiary/aromatic N) is 2. The molecule has 0 fully saturated rings. The molecule has 0 spiro atoms. The maximum absolute atomic E-state index is 11.2. The Morgan fingerprint density at radius 1 is 1.42 bits per heavy atom. The topological polar surface area (TPSA) is 94.6 Å². The number of rotatable bonds is 7. The van der Waals surface area contributed by atoms with E-state index < -0.39 is 5.97 Å². The van der Waals surface area contributed by atoms with Gasteiger partial charge in [0.1, 0.15) is 0 Å². The van der Waals surface area contributed by atoms with Gasteiger partial charge < -0.3 is 20.6 Å². The van der Waals surface area contributed by atoms with Gasteiger partial charge in [-0.2, -0.15) is 0 Å². The first-order valence-corrected chi connectivity index (χ1v) is 6.72. The summed E-state index contributed by atoms with van der Waals surface area (Å²) in [5.41, 5.74) is 0.771. The van der Waals surface area contributed by atoms with E-state index in [0.717, 1.165) is 10.8 Å². The number of urea groups is 1. The highest BCUT2D eigenvalue weighted by Crippen LogP contribution is 2.15. The van der Waals surface area contributed by atoms with E-state index in [0.29, 0.717) is 19.5 Å². The van der Waals surface area contributed by atoms with Crippen LogP contribution in [0.15, 0.2) is 5.38 Å². The van der Waals surface area contributed by atoms with Gasteiger partial charge in [0, 0.05) is 39.0 Å². The molecule has 1 aromatic heterocycles. The summed E-state index contributed by atoms with van der Waals surface area (Å²) < 4.78 is 0. The van der Waals surface area contributed by atoms with E-state index >= 15 is 0 Å². The predicted molar refractivity (Wildman–Crippen MR) is 73.6 cm³/mol. The van der Waals surface area contributed by atoms with Gasteiger partial charge in [0.25, 0.3) is 0 Å². The molecule has 0 aliphatic rings. The zero-order chi connectivity index (χ0) is 14.3. The fourth-order valence-electron chi connectivity index (χ4n) is 1.23. The largest absolute Gasteiger partial charge is 0.481 e. The lowest BCUT2D eigenvalue weighted by Gasteiger charge is -2.11. The summed E-state index contributed by atoms with van der Waals surface area (Å²) in [5.74, 6) is -0.825. The van der Waals surface area contributed by atoms with Crippen LogP contribution in [0.4, 0.5) is 9.93 Å². The van der Waals surface area contributed by atoms with Crippen molar-refractivity contribution in [2.75, 3.05) is 32.5 Å². The first-order valence-electron chi connectivity index (χ1n) is 5.84. The predicted octanol–water partition coefficient (Wildman–Crippen LogP) is 0.843. The summed E-state index contributed by atoms with van der Waals surface area (Å²) in [6.45, 7) is 1.08. The van der Waals surface area contributed by atoms with Crippen LogP contribution in [0.25, 0.3) is 0 Å².